The molecule has 4 nitrogen and oxygen atoms in total. The van der Waals surface area contributed by atoms with E-state index in [-0.39, 0.29) is 0 Å². The minimum Gasteiger partial charge on any atom is -0.376 e. The Balaban J connectivity index is 1.74. The molecule has 1 saturated heterocycles. The number of aromatic amines is 1. The maximum Gasteiger partial charge on any atom is 0.200 e. The minimum atomic E-state index is 0.370. The fourth-order valence-electron chi connectivity index (χ4n) is 1.38. The van der Waals surface area contributed by atoms with Gasteiger partial charge in [0, 0.05) is 25.5 Å². The van der Waals surface area contributed by atoms with Crippen molar-refractivity contribution in [2.24, 2.45) is 0 Å². The molecule has 1 atom stereocenters. The molecular formula is C8H13N3O. The second-order valence-electron chi connectivity index (χ2n) is 2.95. The first-order valence-electron chi connectivity index (χ1n) is 4.30. The molecule has 2 N–H and O–H groups in total. The van der Waals surface area contributed by atoms with E-state index in [1.54, 1.807) is 12.4 Å². The summed E-state index contributed by atoms with van der Waals surface area (Å²) in [6.07, 6.45) is 6.25. The summed E-state index contributed by atoms with van der Waals surface area (Å²) in [6.45, 7) is 1.76. The maximum absolute atomic E-state index is 5.45. The molecule has 1 aliphatic heterocycles. The number of aromatic nitrogens is 2. The largest absolute Gasteiger partial charge is 0.376 e. The molecule has 2 rings (SSSR count). The van der Waals surface area contributed by atoms with Crippen LogP contribution in [0.3, 0.4) is 0 Å². The van der Waals surface area contributed by atoms with Crippen LogP contribution in [0.2, 0.25) is 0 Å². The molecule has 1 aliphatic rings. The quantitative estimate of drug-likeness (QED) is 0.706. The van der Waals surface area contributed by atoms with Crippen LogP contribution in [0.5, 0.6) is 0 Å². The molecule has 1 fully saturated rings. The topological polar surface area (TPSA) is 49.9 Å². The highest BCUT2D eigenvalue weighted by Crippen LogP contribution is 2.11. The van der Waals surface area contributed by atoms with Crippen LogP contribution >= 0.6 is 0 Å². The number of ether oxygens (including phenoxy) is 1. The molecule has 0 radical (unpaired) electrons. The first-order valence-corrected chi connectivity index (χ1v) is 4.30. The fraction of sp³-hybridized carbons (Fsp3) is 0.625. The van der Waals surface area contributed by atoms with E-state index >= 15 is 0 Å². The Hall–Kier alpha value is -1.03. The van der Waals surface area contributed by atoms with Gasteiger partial charge in [0.05, 0.1) is 6.10 Å². The molecule has 12 heavy (non-hydrogen) atoms. The summed E-state index contributed by atoms with van der Waals surface area (Å²) in [6, 6.07) is 0. The number of rotatable bonds is 3. The number of hydrogen-bond donors (Lipinski definition) is 2. The standard InChI is InChI=1S/C8H13N3O/c1-2-7(12-5-1)6-11-8-9-3-4-10-8/h3-4,7H,1-2,5-6H2,(H2,9,10,11). The van der Waals surface area contributed by atoms with Crippen LogP contribution < -0.4 is 5.32 Å². The highest BCUT2D eigenvalue weighted by Gasteiger charge is 2.14. The van der Waals surface area contributed by atoms with E-state index in [0.717, 1.165) is 25.5 Å². The zero-order valence-corrected chi connectivity index (χ0v) is 6.92. The molecule has 0 saturated carbocycles. The Bertz CT molecular complexity index is 216. The van der Waals surface area contributed by atoms with E-state index in [0.29, 0.717) is 6.10 Å². The van der Waals surface area contributed by atoms with Crippen molar-refractivity contribution in [1.29, 1.82) is 0 Å². The Morgan fingerprint density at radius 3 is 3.42 bits per heavy atom. The number of hydrogen-bond acceptors (Lipinski definition) is 3. The van der Waals surface area contributed by atoms with E-state index in [4.69, 9.17) is 4.74 Å². The minimum absolute atomic E-state index is 0.370. The Morgan fingerprint density at radius 1 is 1.75 bits per heavy atom. The summed E-state index contributed by atoms with van der Waals surface area (Å²) in [5, 5.41) is 3.17. The van der Waals surface area contributed by atoms with Gasteiger partial charge in [-0.3, -0.25) is 0 Å². The lowest BCUT2D eigenvalue weighted by atomic mass is 10.2. The molecular weight excluding hydrogens is 154 g/mol. The van der Waals surface area contributed by atoms with Crippen molar-refractivity contribution in [2.45, 2.75) is 18.9 Å². The van der Waals surface area contributed by atoms with Gasteiger partial charge in [-0.15, -0.1) is 0 Å². The molecule has 1 aromatic rings. The maximum atomic E-state index is 5.45. The molecule has 0 aliphatic carbocycles. The van der Waals surface area contributed by atoms with Crippen molar-refractivity contribution in [1.82, 2.24) is 9.97 Å². The second-order valence-corrected chi connectivity index (χ2v) is 2.95. The average Bonchev–Trinajstić information content (AvgIpc) is 2.74. The summed E-state index contributed by atoms with van der Waals surface area (Å²) in [5.41, 5.74) is 0. The molecule has 0 bridgehead atoms. The number of nitrogens with zero attached hydrogens (tertiary/aromatic N) is 1. The Kier molecular flexibility index (Phi) is 2.27. The number of anilines is 1. The van der Waals surface area contributed by atoms with E-state index < -0.39 is 0 Å². The summed E-state index contributed by atoms with van der Waals surface area (Å²) >= 11 is 0. The van der Waals surface area contributed by atoms with Crippen molar-refractivity contribution in [3.05, 3.63) is 12.4 Å². The smallest absolute Gasteiger partial charge is 0.200 e. The SMILES string of the molecule is c1c[nH]c(NCC2CCCO2)n1. The molecule has 66 valence electrons. The van der Waals surface area contributed by atoms with Crippen molar-refractivity contribution in [2.75, 3.05) is 18.5 Å². The third kappa shape index (κ3) is 1.76. The normalized spacial score (nSPS) is 22.8. The van der Waals surface area contributed by atoms with Gasteiger partial charge in [-0.25, -0.2) is 4.98 Å². The lowest BCUT2D eigenvalue weighted by molar-refractivity contribution is 0.120. The molecule has 0 amide bonds. The van der Waals surface area contributed by atoms with Gasteiger partial charge in [0.1, 0.15) is 0 Å². The van der Waals surface area contributed by atoms with E-state index in [1.165, 1.54) is 6.42 Å². The van der Waals surface area contributed by atoms with Crippen LogP contribution in [-0.2, 0) is 4.74 Å². The molecule has 1 aromatic heterocycles. The number of imidazole rings is 1. The third-order valence-corrected chi connectivity index (χ3v) is 2.02. The summed E-state index contributed by atoms with van der Waals surface area (Å²) < 4.78 is 5.45. The summed E-state index contributed by atoms with van der Waals surface area (Å²) in [5.74, 6) is 0.825. The zero-order chi connectivity index (χ0) is 8.23. The van der Waals surface area contributed by atoms with Crippen molar-refractivity contribution in [3.8, 4) is 0 Å². The van der Waals surface area contributed by atoms with E-state index in [2.05, 4.69) is 15.3 Å². The number of nitrogens with one attached hydrogen (secondary N) is 2. The Labute approximate surface area is 71.3 Å². The van der Waals surface area contributed by atoms with Crippen LogP contribution in [-0.4, -0.2) is 29.2 Å². The monoisotopic (exact) mass is 167 g/mol. The molecule has 4 heteroatoms. The van der Waals surface area contributed by atoms with Gasteiger partial charge in [0.15, 0.2) is 5.95 Å². The summed E-state index contributed by atoms with van der Waals surface area (Å²) in [4.78, 5) is 7.04. The zero-order valence-electron chi connectivity index (χ0n) is 6.92. The van der Waals surface area contributed by atoms with Gasteiger partial charge in [-0.05, 0) is 12.8 Å². The van der Waals surface area contributed by atoms with Gasteiger partial charge in [-0.2, -0.15) is 0 Å². The predicted molar refractivity (Wildman–Crippen MR) is 46.1 cm³/mol. The third-order valence-electron chi connectivity index (χ3n) is 2.02. The van der Waals surface area contributed by atoms with Crippen molar-refractivity contribution >= 4 is 5.95 Å². The van der Waals surface area contributed by atoms with Crippen LogP contribution in [0.4, 0.5) is 5.95 Å². The molecule has 1 unspecified atom stereocenters. The van der Waals surface area contributed by atoms with Gasteiger partial charge in [0.2, 0.25) is 0 Å². The van der Waals surface area contributed by atoms with Gasteiger partial charge < -0.3 is 15.0 Å². The highest BCUT2D eigenvalue weighted by molar-refractivity contribution is 5.22. The van der Waals surface area contributed by atoms with Crippen LogP contribution in [0, 0.1) is 0 Å². The Morgan fingerprint density at radius 2 is 2.75 bits per heavy atom. The second kappa shape index (κ2) is 3.58. The van der Waals surface area contributed by atoms with Gasteiger partial charge in [0.25, 0.3) is 0 Å². The van der Waals surface area contributed by atoms with Crippen LogP contribution in [0.1, 0.15) is 12.8 Å². The van der Waals surface area contributed by atoms with Crippen molar-refractivity contribution in [3.63, 3.8) is 0 Å². The molecule has 2 heterocycles. The van der Waals surface area contributed by atoms with E-state index in [9.17, 15) is 0 Å². The highest BCUT2D eigenvalue weighted by atomic mass is 16.5. The van der Waals surface area contributed by atoms with E-state index in [1.807, 2.05) is 0 Å². The fourth-order valence-corrected chi connectivity index (χ4v) is 1.38. The van der Waals surface area contributed by atoms with Gasteiger partial charge >= 0.3 is 0 Å². The predicted octanol–water partition coefficient (Wildman–Crippen LogP) is 1.00. The molecule has 0 aromatic carbocycles. The first kappa shape index (κ1) is 7.61. The lowest BCUT2D eigenvalue weighted by Gasteiger charge is -2.08. The average molecular weight is 167 g/mol. The number of H-pyrrole nitrogens is 1. The lowest BCUT2D eigenvalue weighted by Crippen LogP contribution is -2.18. The van der Waals surface area contributed by atoms with Crippen LogP contribution in [0.25, 0.3) is 0 Å². The van der Waals surface area contributed by atoms with Crippen molar-refractivity contribution < 1.29 is 4.74 Å². The summed E-state index contributed by atoms with van der Waals surface area (Å²) in [7, 11) is 0. The molecule has 0 spiro atoms. The first-order chi connectivity index (χ1) is 5.95. The van der Waals surface area contributed by atoms with Gasteiger partial charge in [-0.1, -0.05) is 0 Å². The van der Waals surface area contributed by atoms with Crippen LogP contribution in [0.15, 0.2) is 12.4 Å².